The van der Waals surface area contributed by atoms with Gasteiger partial charge in [0.1, 0.15) is 11.5 Å². The number of fused-ring (bicyclic) bond motifs is 2. The molecular formula is C26H30O6. The van der Waals surface area contributed by atoms with Crippen LogP contribution in [0.3, 0.4) is 0 Å². The van der Waals surface area contributed by atoms with Gasteiger partial charge in [0, 0.05) is 21.5 Å². The smallest absolute Gasteiger partial charge is 0.344 e. The van der Waals surface area contributed by atoms with Crippen LogP contribution in [0.2, 0.25) is 0 Å². The number of rotatable bonds is 10. The summed E-state index contributed by atoms with van der Waals surface area (Å²) in [4.78, 5) is 24.2. The molecule has 6 heteroatoms. The fraction of sp³-hybridized carbons (Fsp3) is 0.385. The van der Waals surface area contributed by atoms with Crippen LogP contribution in [0.4, 0.5) is 0 Å². The Morgan fingerprint density at radius 2 is 1.06 bits per heavy atom. The maximum absolute atomic E-state index is 12.1. The molecule has 6 nitrogen and oxygen atoms in total. The maximum atomic E-state index is 12.1. The summed E-state index contributed by atoms with van der Waals surface area (Å²) in [5.74, 6) is 0.361. The predicted molar refractivity (Wildman–Crippen MR) is 124 cm³/mol. The number of benzene rings is 3. The van der Waals surface area contributed by atoms with Crippen LogP contribution in [0.1, 0.15) is 37.8 Å². The Labute approximate surface area is 188 Å². The van der Waals surface area contributed by atoms with Gasteiger partial charge >= 0.3 is 11.9 Å². The van der Waals surface area contributed by atoms with E-state index in [-0.39, 0.29) is 13.2 Å². The van der Waals surface area contributed by atoms with E-state index < -0.39 is 11.9 Å². The second kappa shape index (κ2) is 10.8. The average molecular weight is 439 g/mol. The number of carbonyl (C=O) groups excluding carboxylic acids is 2. The third-order valence-electron chi connectivity index (χ3n) is 4.93. The van der Waals surface area contributed by atoms with Gasteiger partial charge in [-0.3, -0.25) is 0 Å². The molecule has 0 radical (unpaired) electrons. The first-order valence-corrected chi connectivity index (χ1v) is 11.0. The molecule has 0 aliphatic heterocycles. The van der Waals surface area contributed by atoms with E-state index in [0.29, 0.717) is 24.7 Å². The van der Waals surface area contributed by atoms with Crippen LogP contribution in [0.15, 0.2) is 36.4 Å². The van der Waals surface area contributed by atoms with Crippen molar-refractivity contribution in [1.82, 2.24) is 0 Å². The van der Waals surface area contributed by atoms with Crippen LogP contribution in [0.5, 0.6) is 11.5 Å². The van der Waals surface area contributed by atoms with Crippen molar-refractivity contribution in [2.45, 2.75) is 40.5 Å². The van der Waals surface area contributed by atoms with Crippen molar-refractivity contribution in [3.05, 3.63) is 47.5 Å². The SMILES string of the molecule is CCCOC(=O)COc1c2ccc(C)cc2c(OCC(=O)OCCC)c2cc(C)ccc12. The van der Waals surface area contributed by atoms with Crippen molar-refractivity contribution in [3.8, 4) is 11.5 Å². The highest BCUT2D eigenvalue weighted by molar-refractivity contribution is 6.11. The van der Waals surface area contributed by atoms with Gasteiger partial charge in [-0.1, -0.05) is 49.2 Å². The first-order chi connectivity index (χ1) is 15.4. The number of carbonyl (C=O) groups is 2. The number of esters is 2. The molecule has 0 bridgehead atoms. The Morgan fingerprint density at radius 3 is 1.47 bits per heavy atom. The molecule has 32 heavy (non-hydrogen) atoms. The topological polar surface area (TPSA) is 71.1 Å². The van der Waals surface area contributed by atoms with E-state index in [0.717, 1.165) is 45.5 Å². The molecule has 0 aliphatic carbocycles. The summed E-state index contributed by atoms with van der Waals surface area (Å²) >= 11 is 0. The van der Waals surface area contributed by atoms with Crippen LogP contribution < -0.4 is 9.47 Å². The summed E-state index contributed by atoms with van der Waals surface area (Å²) in [5.41, 5.74) is 2.08. The minimum absolute atomic E-state index is 0.185. The minimum Gasteiger partial charge on any atom is -0.481 e. The second-order valence-electron chi connectivity index (χ2n) is 7.77. The number of ether oxygens (including phenoxy) is 4. The third-order valence-corrected chi connectivity index (χ3v) is 4.93. The Bertz CT molecular complexity index is 1060. The summed E-state index contributed by atoms with van der Waals surface area (Å²) in [6.45, 7) is 8.22. The van der Waals surface area contributed by atoms with E-state index in [1.807, 2.05) is 64.1 Å². The molecular weight excluding hydrogens is 408 g/mol. The van der Waals surface area contributed by atoms with E-state index in [2.05, 4.69) is 0 Å². The van der Waals surface area contributed by atoms with Crippen molar-refractivity contribution >= 4 is 33.5 Å². The van der Waals surface area contributed by atoms with Gasteiger partial charge in [0.25, 0.3) is 0 Å². The number of hydrogen-bond acceptors (Lipinski definition) is 6. The lowest BCUT2D eigenvalue weighted by Gasteiger charge is -2.18. The van der Waals surface area contributed by atoms with Crippen molar-refractivity contribution in [1.29, 1.82) is 0 Å². The highest BCUT2D eigenvalue weighted by Gasteiger charge is 2.19. The zero-order valence-electron chi connectivity index (χ0n) is 19.2. The summed E-state index contributed by atoms with van der Waals surface area (Å²) in [6.07, 6.45) is 1.51. The molecule has 3 aromatic carbocycles. The van der Waals surface area contributed by atoms with Gasteiger partial charge < -0.3 is 18.9 Å². The van der Waals surface area contributed by atoms with Crippen molar-refractivity contribution in [2.75, 3.05) is 26.4 Å². The van der Waals surface area contributed by atoms with Gasteiger partial charge in [-0.15, -0.1) is 0 Å². The zero-order chi connectivity index (χ0) is 23.1. The van der Waals surface area contributed by atoms with Crippen LogP contribution in [-0.4, -0.2) is 38.4 Å². The maximum Gasteiger partial charge on any atom is 0.344 e. The lowest BCUT2D eigenvalue weighted by atomic mass is 9.98. The quantitative estimate of drug-likeness (QED) is 0.317. The molecule has 0 fully saturated rings. The van der Waals surface area contributed by atoms with Crippen LogP contribution in [0.25, 0.3) is 21.5 Å². The van der Waals surface area contributed by atoms with Crippen molar-refractivity contribution in [2.24, 2.45) is 0 Å². The Balaban J connectivity index is 2.07. The fourth-order valence-electron chi connectivity index (χ4n) is 3.47. The largest absolute Gasteiger partial charge is 0.481 e. The van der Waals surface area contributed by atoms with Crippen LogP contribution >= 0.6 is 0 Å². The lowest BCUT2D eigenvalue weighted by Crippen LogP contribution is -2.16. The van der Waals surface area contributed by atoms with Crippen molar-refractivity contribution in [3.63, 3.8) is 0 Å². The Kier molecular flexibility index (Phi) is 7.92. The fourth-order valence-corrected chi connectivity index (χ4v) is 3.47. The summed E-state index contributed by atoms with van der Waals surface area (Å²) in [6, 6.07) is 11.8. The summed E-state index contributed by atoms with van der Waals surface area (Å²) in [7, 11) is 0. The molecule has 0 saturated carbocycles. The molecule has 0 N–H and O–H groups in total. The van der Waals surface area contributed by atoms with Crippen LogP contribution in [0, 0.1) is 13.8 Å². The highest BCUT2D eigenvalue weighted by atomic mass is 16.6. The molecule has 0 amide bonds. The molecule has 3 aromatic rings. The number of aryl methyl sites for hydroxylation is 2. The molecule has 0 saturated heterocycles. The molecule has 0 heterocycles. The van der Waals surface area contributed by atoms with Gasteiger partial charge in [0.15, 0.2) is 13.2 Å². The van der Waals surface area contributed by atoms with E-state index in [1.165, 1.54) is 0 Å². The van der Waals surface area contributed by atoms with Gasteiger partial charge in [0.2, 0.25) is 0 Å². The molecule has 0 aliphatic rings. The molecule has 0 spiro atoms. The third kappa shape index (κ3) is 5.49. The van der Waals surface area contributed by atoms with Gasteiger partial charge in [-0.25, -0.2) is 9.59 Å². The van der Waals surface area contributed by atoms with E-state index in [4.69, 9.17) is 18.9 Å². The van der Waals surface area contributed by atoms with E-state index in [1.54, 1.807) is 0 Å². The van der Waals surface area contributed by atoms with E-state index >= 15 is 0 Å². The first-order valence-electron chi connectivity index (χ1n) is 11.0. The predicted octanol–water partition coefficient (Wildman–Crippen LogP) is 5.27. The normalized spacial score (nSPS) is 10.9. The zero-order valence-corrected chi connectivity index (χ0v) is 19.2. The number of hydrogen-bond donors (Lipinski definition) is 0. The lowest BCUT2D eigenvalue weighted by molar-refractivity contribution is -0.146. The summed E-state index contributed by atoms with van der Waals surface area (Å²) in [5, 5.41) is 3.21. The van der Waals surface area contributed by atoms with E-state index in [9.17, 15) is 9.59 Å². The molecule has 170 valence electrons. The Morgan fingerprint density at radius 1 is 0.656 bits per heavy atom. The standard InChI is InChI=1S/C26H30O6/c1-5-11-29-23(27)15-31-25-19-9-7-17(3)13-21(19)26(32-16-24(28)30-12-6-2)22-14-18(4)8-10-20(22)25/h7-10,13-14H,5-6,11-12,15-16H2,1-4H3. The molecule has 0 atom stereocenters. The van der Waals surface area contributed by atoms with Gasteiger partial charge in [-0.2, -0.15) is 0 Å². The molecule has 3 rings (SSSR count). The average Bonchev–Trinajstić information content (AvgIpc) is 2.78. The Hall–Kier alpha value is -3.28. The second-order valence-corrected chi connectivity index (χ2v) is 7.77. The molecule has 0 aromatic heterocycles. The van der Waals surface area contributed by atoms with Gasteiger partial charge in [0.05, 0.1) is 13.2 Å². The summed E-state index contributed by atoms with van der Waals surface area (Å²) < 4.78 is 22.3. The van der Waals surface area contributed by atoms with Gasteiger partial charge in [-0.05, 0) is 38.8 Å². The minimum atomic E-state index is -0.411. The van der Waals surface area contributed by atoms with Crippen LogP contribution in [-0.2, 0) is 19.1 Å². The van der Waals surface area contributed by atoms with Crippen molar-refractivity contribution < 1.29 is 28.5 Å². The highest BCUT2D eigenvalue weighted by Crippen LogP contribution is 2.43. The monoisotopic (exact) mass is 438 g/mol. The molecule has 0 unspecified atom stereocenters. The first kappa shape index (κ1) is 23.4.